The van der Waals surface area contributed by atoms with E-state index in [1.54, 1.807) is 0 Å². The molecule has 104 valence electrons. The molecule has 1 fully saturated rings. The molecular weight excluding hydrogens is 238 g/mol. The third kappa shape index (κ3) is 2.99. The molecule has 0 bridgehead atoms. The fourth-order valence-corrected chi connectivity index (χ4v) is 3.08. The molecule has 0 saturated carbocycles. The second-order valence-electron chi connectivity index (χ2n) is 6.11. The van der Waals surface area contributed by atoms with Crippen LogP contribution in [0.15, 0.2) is 24.3 Å². The fourth-order valence-electron chi connectivity index (χ4n) is 3.08. The molecule has 1 N–H and O–H groups in total. The number of rotatable bonds is 2. The quantitative estimate of drug-likeness (QED) is 0.885. The maximum absolute atomic E-state index is 10.00. The van der Waals surface area contributed by atoms with Gasteiger partial charge in [-0.2, -0.15) is 0 Å². The van der Waals surface area contributed by atoms with E-state index >= 15 is 0 Å². The van der Waals surface area contributed by atoms with Gasteiger partial charge in [-0.25, -0.2) is 0 Å². The first-order valence-electron chi connectivity index (χ1n) is 7.28. The van der Waals surface area contributed by atoms with Gasteiger partial charge in [-0.1, -0.05) is 24.3 Å². The number of ether oxygens (including phenoxy) is 1. The van der Waals surface area contributed by atoms with Crippen LogP contribution in [0.25, 0.3) is 0 Å². The van der Waals surface area contributed by atoms with E-state index in [0.29, 0.717) is 0 Å². The molecule has 2 aliphatic heterocycles. The maximum atomic E-state index is 10.00. The van der Waals surface area contributed by atoms with Crippen molar-refractivity contribution in [3.8, 4) is 0 Å². The van der Waals surface area contributed by atoms with Gasteiger partial charge in [0.1, 0.15) is 0 Å². The topological polar surface area (TPSA) is 32.7 Å². The first kappa shape index (κ1) is 13.1. The van der Waals surface area contributed by atoms with Crippen LogP contribution in [0.4, 0.5) is 0 Å². The number of aliphatic hydroxyl groups is 1. The number of hydrogen-bond acceptors (Lipinski definition) is 3. The second-order valence-corrected chi connectivity index (χ2v) is 6.11. The Labute approximate surface area is 115 Å². The van der Waals surface area contributed by atoms with Crippen LogP contribution in [0.5, 0.6) is 0 Å². The summed E-state index contributed by atoms with van der Waals surface area (Å²) in [5.41, 5.74) is 2.32. The summed E-state index contributed by atoms with van der Waals surface area (Å²) in [7, 11) is 0. The predicted molar refractivity (Wildman–Crippen MR) is 75.1 cm³/mol. The molecule has 3 heteroatoms. The number of benzene rings is 1. The Bertz CT molecular complexity index is 434. The minimum Gasteiger partial charge on any atom is -0.390 e. The van der Waals surface area contributed by atoms with Crippen LogP contribution in [-0.4, -0.2) is 41.8 Å². The molecule has 2 heterocycles. The third-order valence-corrected chi connectivity index (χ3v) is 4.45. The Kier molecular flexibility index (Phi) is 3.61. The van der Waals surface area contributed by atoms with Crippen LogP contribution in [0.1, 0.15) is 37.0 Å². The Hall–Kier alpha value is -0.900. The van der Waals surface area contributed by atoms with Gasteiger partial charge in [-0.15, -0.1) is 0 Å². The van der Waals surface area contributed by atoms with E-state index in [4.69, 9.17) is 4.74 Å². The van der Waals surface area contributed by atoms with Gasteiger partial charge in [0.15, 0.2) is 0 Å². The lowest BCUT2D eigenvalue weighted by molar-refractivity contribution is -0.0320. The van der Waals surface area contributed by atoms with Crippen LogP contribution in [0.3, 0.4) is 0 Å². The molecule has 0 amide bonds. The number of nitrogens with zero attached hydrogens (tertiary/aromatic N) is 1. The Balaban J connectivity index is 1.65. The molecule has 0 aromatic heterocycles. The lowest BCUT2D eigenvalue weighted by atomic mass is 9.92. The molecule has 19 heavy (non-hydrogen) atoms. The van der Waals surface area contributed by atoms with Gasteiger partial charge in [0, 0.05) is 19.6 Å². The van der Waals surface area contributed by atoms with E-state index in [1.807, 2.05) is 6.92 Å². The standard InChI is InChI=1S/C16H23NO2/c1-16(18)7-9-17(10-8-16)12-15-14-5-3-2-4-13(14)6-11-19-15/h2-5,15,18H,6-12H2,1H3. The molecular formula is C16H23NO2. The highest BCUT2D eigenvalue weighted by atomic mass is 16.5. The van der Waals surface area contributed by atoms with Crippen molar-refractivity contribution in [3.63, 3.8) is 0 Å². The average Bonchev–Trinajstić information content (AvgIpc) is 2.42. The van der Waals surface area contributed by atoms with Gasteiger partial charge in [0.25, 0.3) is 0 Å². The summed E-state index contributed by atoms with van der Waals surface area (Å²) >= 11 is 0. The van der Waals surface area contributed by atoms with E-state index < -0.39 is 5.60 Å². The van der Waals surface area contributed by atoms with Gasteiger partial charge in [-0.05, 0) is 37.3 Å². The highest BCUT2D eigenvalue weighted by Gasteiger charge is 2.30. The van der Waals surface area contributed by atoms with E-state index in [0.717, 1.165) is 45.5 Å². The molecule has 1 aromatic rings. The fraction of sp³-hybridized carbons (Fsp3) is 0.625. The normalized spacial score (nSPS) is 26.9. The lowest BCUT2D eigenvalue weighted by Crippen LogP contribution is -2.44. The van der Waals surface area contributed by atoms with Gasteiger partial charge in [0.05, 0.1) is 18.3 Å². The SMILES string of the molecule is CC1(O)CCN(CC2OCCc3ccccc32)CC1. The molecule has 2 aliphatic rings. The predicted octanol–water partition coefficient (Wildman–Crippen LogP) is 2.15. The van der Waals surface area contributed by atoms with E-state index in [2.05, 4.69) is 29.2 Å². The van der Waals surface area contributed by atoms with E-state index in [9.17, 15) is 5.11 Å². The Morgan fingerprint density at radius 3 is 2.84 bits per heavy atom. The van der Waals surface area contributed by atoms with Crippen LogP contribution in [0.2, 0.25) is 0 Å². The van der Waals surface area contributed by atoms with Crippen molar-refractivity contribution in [2.24, 2.45) is 0 Å². The van der Waals surface area contributed by atoms with Crippen LogP contribution in [-0.2, 0) is 11.2 Å². The maximum Gasteiger partial charge on any atom is 0.0954 e. The Morgan fingerprint density at radius 2 is 2.05 bits per heavy atom. The molecule has 1 saturated heterocycles. The Morgan fingerprint density at radius 1 is 1.32 bits per heavy atom. The minimum absolute atomic E-state index is 0.202. The summed E-state index contributed by atoms with van der Waals surface area (Å²) < 4.78 is 5.95. The van der Waals surface area contributed by atoms with E-state index in [1.165, 1.54) is 11.1 Å². The van der Waals surface area contributed by atoms with Crippen LogP contribution < -0.4 is 0 Å². The first-order valence-corrected chi connectivity index (χ1v) is 7.28. The zero-order valence-corrected chi connectivity index (χ0v) is 11.6. The summed E-state index contributed by atoms with van der Waals surface area (Å²) in [5, 5.41) is 10.00. The molecule has 0 aliphatic carbocycles. The van der Waals surface area contributed by atoms with Crippen molar-refractivity contribution in [2.45, 2.75) is 37.9 Å². The monoisotopic (exact) mass is 261 g/mol. The van der Waals surface area contributed by atoms with Crippen molar-refractivity contribution >= 4 is 0 Å². The molecule has 0 spiro atoms. The highest BCUT2D eigenvalue weighted by molar-refractivity contribution is 5.31. The van der Waals surface area contributed by atoms with Gasteiger partial charge >= 0.3 is 0 Å². The smallest absolute Gasteiger partial charge is 0.0954 e. The van der Waals surface area contributed by atoms with Gasteiger partial charge in [-0.3, -0.25) is 0 Å². The molecule has 1 unspecified atom stereocenters. The van der Waals surface area contributed by atoms with Crippen molar-refractivity contribution in [1.29, 1.82) is 0 Å². The second kappa shape index (κ2) is 5.23. The largest absolute Gasteiger partial charge is 0.390 e. The summed E-state index contributed by atoms with van der Waals surface area (Å²) in [6, 6.07) is 8.62. The lowest BCUT2D eigenvalue weighted by Gasteiger charge is -2.38. The molecule has 3 rings (SSSR count). The van der Waals surface area contributed by atoms with Crippen molar-refractivity contribution in [3.05, 3.63) is 35.4 Å². The number of fused-ring (bicyclic) bond motifs is 1. The van der Waals surface area contributed by atoms with Gasteiger partial charge < -0.3 is 14.7 Å². The van der Waals surface area contributed by atoms with Crippen LogP contribution >= 0.6 is 0 Å². The summed E-state index contributed by atoms with van der Waals surface area (Å²) in [5.74, 6) is 0. The summed E-state index contributed by atoms with van der Waals surface area (Å²) in [6.07, 6.45) is 2.96. The zero-order valence-electron chi connectivity index (χ0n) is 11.6. The number of piperidine rings is 1. The van der Waals surface area contributed by atoms with Crippen molar-refractivity contribution in [1.82, 2.24) is 4.90 Å². The molecule has 3 nitrogen and oxygen atoms in total. The first-order chi connectivity index (χ1) is 9.14. The molecule has 0 radical (unpaired) electrons. The summed E-state index contributed by atoms with van der Waals surface area (Å²) in [6.45, 7) is 5.65. The van der Waals surface area contributed by atoms with Gasteiger partial charge in [0.2, 0.25) is 0 Å². The number of hydrogen-bond donors (Lipinski definition) is 1. The van der Waals surface area contributed by atoms with E-state index in [-0.39, 0.29) is 6.10 Å². The zero-order chi connectivity index (χ0) is 13.3. The average molecular weight is 261 g/mol. The van der Waals surface area contributed by atoms with Crippen molar-refractivity contribution < 1.29 is 9.84 Å². The van der Waals surface area contributed by atoms with Crippen LogP contribution in [0, 0.1) is 0 Å². The minimum atomic E-state index is -0.470. The van der Waals surface area contributed by atoms with Crippen molar-refractivity contribution in [2.75, 3.05) is 26.2 Å². The molecule has 1 atom stereocenters. The number of likely N-dealkylation sites (tertiary alicyclic amines) is 1. The molecule has 1 aromatic carbocycles. The third-order valence-electron chi connectivity index (χ3n) is 4.45. The highest BCUT2D eigenvalue weighted by Crippen LogP contribution is 2.29. The summed E-state index contributed by atoms with van der Waals surface area (Å²) in [4.78, 5) is 2.42.